The summed E-state index contributed by atoms with van der Waals surface area (Å²) >= 11 is 1.81. The zero-order valence-corrected chi connectivity index (χ0v) is 12.4. The third-order valence-electron chi connectivity index (χ3n) is 3.07. The van der Waals surface area contributed by atoms with Crippen LogP contribution in [0.15, 0.2) is 0 Å². The summed E-state index contributed by atoms with van der Waals surface area (Å²) < 4.78 is 5.78. The van der Waals surface area contributed by atoms with E-state index >= 15 is 0 Å². The highest BCUT2D eigenvalue weighted by Gasteiger charge is 2.22. The van der Waals surface area contributed by atoms with Gasteiger partial charge in [0.05, 0.1) is 18.8 Å². The fourth-order valence-corrected chi connectivity index (χ4v) is 2.96. The molecule has 1 saturated heterocycles. The van der Waals surface area contributed by atoms with Crippen LogP contribution in [0.5, 0.6) is 0 Å². The van der Waals surface area contributed by atoms with Gasteiger partial charge in [0, 0.05) is 30.6 Å². The highest BCUT2D eigenvalue weighted by molar-refractivity contribution is 7.99. The minimum Gasteiger partial charge on any atom is -0.392 e. The first kappa shape index (κ1) is 15.3. The fraction of sp³-hybridized carbons (Fsp3) is 1.00. The van der Waals surface area contributed by atoms with Crippen molar-refractivity contribution in [3.05, 3.63) is 0 Å². The van der Waals surface area contributed by atoms with E-state index in [9.17, 15) is 5.11 Å². The Morgan fingerprint density at radius 2 is 2.06 bits per heavy atom. The van der Waals surface area contributed by atoms with E-state index in [0.29, 0.717) is 11.4 Å². The van der Waals surface area contributed by atoms with Gasteiger partial charge in [0.1, 0.15) is 0 Å². The second-order valence-electron chi connectivity index (χ2n) is 5.43. The maximum absolute atomic E-state index is 9.45. The number of aliphatic hydroxyl groups excluding tert-OH is 1. The average molecular weight is 261 g/mol. The Balaban J connectivity index is 2.25. The Hall–Kier alpha value is 0.230. The topological polar surface area (TPSA) is 32.7 Å². The van der Waals surface area contributed by atoms with Gasteiger partial charge in [-0.3, -0.25) is 4.90 Å². The average Bonchev–Trinajstić information content (AvgIpc) is 2.25. The fourth-order valence-electron chi connectivity index (χ4n) is 1.96. The maximum Gasteiger partial charge on any atom is 0.0792 e. The molecule has 3 atom stereocenters. The molecule has 0 aromatic heterocycles. The smallest absolute Gasteiger partial charge is 0.0792 e. The molecule has 0 radical (unpaired) electrons. The molecule has 1 rings (SSSR count). The zero-order valence-electron chi connectivity index (χ0n) is 11.6. The summed E-state index contributed by atoms with van der Waals surface area (Å²) in [5.41, 5.74) is 0. The molecule has 1 aliphatic heterocycles. The van der Waals surface area contributed by atoms with Crippen LogP contribution in [-0.2, 0) is 4.74 Å². The molecule has 3 unspecified atom stereocenters. The molecule has 0 amide bonds. The number of thioether (sulfide) groups is 1. The van der Waals surface area contributed by atoms with E-state index in [-0.39, 0.29) is 6.10 Å². The third-order valence-corrected chi connectivity index (χ3v) is 4.55. The number of aliphatic hydroxyl groups is 1. The van der Waals surface area contributed by atoms with Gasteiger partial charge in [-0.05, 0) is 12.8 Å². The lowest BCUT2D eigenvalue weighted by molar-refractivity contribution is -0.0192. The molecular formula is C13H27NO2S. The molecule has 0 aliphatic carbocycles. The third kappa shape index (κ3) is 6.09. The van der Waals surface area contributed by atoms with Gasteiger partial charge in [-0.25, -0.2) is 0 Å². The Labute approximate surface area is 110 Å². The van der Waals surface area contributed by atoms with Gasteiger partial charge in [0.15, 0.2) is 0 Å². The van der Waals surface area contributed by atoms with Crippen molar-refractivity contribution in [3.63, 3.8) is 0 Å². The van der Waals surface area contributed by atoms with E-state index in [0.717, 1.165) is 37.9 Å². The molecule has 0 bridgehead atoms. The largest absolute Gasteiger partial charge is 0.392 e. The van der Waals surface area contributed by atoms with Crippen molar-refractivity contribution >= 4 is 11.8 Å². The Morgan fingerprint density at radius 1 is 1.35 bits per heavy atom. The maximum atomic E-state index is 9.45. The van der Waals surface area contributed by atoms with E-state index in [1.54, 1.807) is 0 Å². The molecule has 4 heteroatoms. The molecule has 1 N–H and O–H groups in total. The van der Waals surface area contributed by atoms with Gasteiger partial charge < -0.3 is 9.84 Å². The summed E-state index contributed by atoms with van der Waals surface area (Å²) in [7, 11) is 0. The quantitative estimate of drug-likeness (QED) is 0.791. The van der Waals surface area contributed by atoms with E-state index in [2.05, 4.69) is 25.7 Å². The number of rotatable bonds is 6. The van der Waals surface area contributed by atoms with Gasteiger partial charge in [0.2, 0.25) is 0 Å². The first-order valence-corrected chi connectivity index (χ1v) is 7.67. The highest BCUT2D eigenvalue weighted by atomic mass is 32.2. The van der Waals surface area contributed by atoms with Crippen LogP contribution in [0.25, 0.3) is 0 Å². The van der Waals surface area contributed by atoms with Crippen LogP contribution >= 0.6 is 11.8 Å². The molecule has 17 heavy (non-hydrogen) atoms. The molecule has 3 nitrogen and oxygen atoms in total. The van der Waals surface area contributed by atoms with Gasteiger partial charge in [0.25, 0.3) is 0 Å². The van der Waals surface area contributed by atoms with E-state index in [1.165, 1.54) is 0 Å². The molecule has 102 valence electrons. The minimum atomic E-state index is -0.240. The van der Waals surface area contributed by atoms with Crippen molar-refractivity contribution in [1.29, 1.82) is 0 Å². The molecular weight excluding hydrogens is 234 g/mol. The van der Waals surface area contributed by atoms with Crippen LogP contribution in [0.4, 0.5) is 0 Å². The Bertz CT molecular complexity index is 212. The molecule has 0 saturated carbocycles. The van der Waals surface area contributed by atoms with Crippen molar-refractivity contribution in [2.45, 2.75) is 45.2 Å². The summed E-state index contributed by atoms with van der Waals surface area (Å²) in [6.45, 7) is 12.6. The number of hydrogen-bond acceptors (Lipinski definition) is 4. The van der Waals surface area contributed by atoms with Crippen molar-refractivity contribution in [2.75, 3.05) is 32.0 Å². The summed E-state index contributed by atoms with van der Waals surface area (Å²) in [5.74, 6) is 1.71. The molecule has 0 spiro atoms. The normalized spacial score (nSPS) is 26.1. The minimum absolute atomic E-state index is 0.240. The van der Waals surface area contributed by atoms with Crippen LogP contribution < -0.4 is 0 Å². The molecule has 0 aromatic carbocycles. The molecule has 1 heterocycles. The van der Waals surface area contributed by atoms with Crippen molar-refractivity contribution in [1.82, 2.24) is 4.90 Å². The lowest BCUT2D eigenvalue weighted by atomic mass is 10.2. The zero-order chi connectivity index (χ0) is 12.8. The number of ether oxygens (including phenoxy) is 1. The number of hydrogen-bond donors (Lipinski definition) is 1. The van der Waals surface area contributed by atoms with E-state index in [4.69, 9.17) is 4.74 Å². The predicted molar refractivity (Wildman–Crippen MR) is 74.6 cm³/mol. The molecule has 1 aliphatic rings. The van der Waals surface area contributed by atoms with Crippen LogP contribution in [0.2, 0.25) is 0 Å². The first-order valence-electron chi connectivity index (χ1n) is 6.62. The van der Waals surface area contributed by atoms with Gasteiger partial charge >= 0.3 is 0 Å². The van der Waals surface area contributed by atoms with Gasteiger partial charge in [-0.15, -0.1) is 0 Å². The summed E-state index contributed by atoms with van der Waals surface area (Å²) in [6, 6.07) is 0. The van der Waals surface area contributed by atoms with Crippen LogP contribution in [0, 0.1) is 5.92 Å². The van der Waals surface area contributed by atoms with Crippen molar-refractivity contribution < 1.29 is 9.84 Å². The second-order valence-corrected chi connectivity index (χ2v) is 6.84. The van der Waals surface area contributed by atoms with Crippen molar-refractivity contribution in [3.8, 4) is 0 Å². The van der Waals surface area contributed by atoms with Crippen molar-refractivity contribution in [2.24, 2.45) is 5.92 Å². The summed E-state index contributed by atoms with van der Waals surface area (Å²) in [6.07, 6.45) is 0.0871. The van der Waals surface area contributed by atoms with E-state index < -0.39 is 0 Å². The lowest BCUT2D eigenvalue weighted by Gasteiger charge is -2.34. The number of nitrogens with zero attached hydrogens (tertiary/aromatic N) is 1. The van der Waals surface area contributed by atoms with Gasteiger partial charge in [-0.1, -0.05) is 20.8 Å². The summed E-state index contributed by atoms with van der Waals surface area (Å²) in [5, 5.41) is 9.74. The SMILES string of the molecule is CC(C)CN1CCOC(CSC(C)C(C)O)C1. The van der Waals surface area contributed by atoms with Crippen LogP contribution in [0.3, 0.4) is 0 Å². The van der Waals surface area contributed by atoms with E-state index in [1.807, 2.05) is 18.7 Å². The molecule has 0 aromatic rings. The Morgan fingerprint density at radius 3 is 2.65 bits per heavy atom. The second kappa shape index (κ2) is 7.62. The summed E-state index contributed by atoms with van der Waals surface area (Å²) in [4.78, 5) is 2.49. The first-order chi connectivity index (χ1) is 7.99. The lowest BCUT2D eigenvalue weighted by Crippen LogP contribution is -2.45. The van der Waals surface area contributed by atoms with Gasteiger partial charge in [-0.2, -0.15) is 11.8 Å². The number of morpholine rings is 1. The van der Waals surface area contributed by atoms with Crippen LogP contribution in [-0.4, -0.2) is 59.5 Å². The monoisotopic (exact) mass is 261 g/mol. The Kier molecular flexibility index (Phi) is 6.85. The van der Waals surface area contributed by atoms with Crippen LogP contribution in [0.1, 0.15) is 27.7 Å². The predicted octanol–water partition coefficient (Wildman–Crippen LogP) is 1.85. The highest BCUT2D eigenvalue weighted by Crippen LogP contribution is 2.18. The molecule has 1 fully saturated rings. The standard InChI is InChI=1S/C13H27NO2S/c1-10(2)7-14-5-6-16-13(8-14)9-17-12(4)11(3)15/h10-13,15H,5-9H2,1-4H3.